The molecular formula is C15H15N3O4S2. The molecule has 0 aliphatic rings. The molecule has 0 spiro atoms. The fourth-order valence-corrected chi connectivity index (χ4v) is 4.03. The molecule has 7 nitrogen and oxygen atoms in total. The molecular weight excluding hydrogens is 350 g/mol. The van der Waals surface area contributed by atoms with Crippen molar-refractivity contribution < 1.29 is 17.9 Å². The highest BCUT2D eigenvalue weighted by Crippen LogP contribution is 2.28. The van der Waals surface area contributed by atoms with Gasteiger partial charge in [0.1, 0.15) is 15.9 Å². The van der Waals surface area contributed by atoms with Gasteiger partial charge in [-0.25, -0.2) is 13.1 Å². The van der Waals surface area contributed by atoms with Gasteiger partial charge < -0.3 is 9.47 Å². The van der Waals surface area contributed by atoms with Crippen molar-refractivity contribution in [1.82, 2.24) is 13.5 Å². The Bertz CT molecular complexity index is 970. The van der Waals surface area contributed by atoms with Crippen molar-refractivity contribution in [1.29, 1.82) is 0 Å². The number of methoxy groups -OCH3 is 2. The van der Waals surface area contributed by atoms with Crippen LogP contribution in [0.1, 0.15) is 5.56 Å². The summed E-state index contributed by atoms with van der Waals surface area (Å²) in [4.78, 5) is 0.120. The molecule has 3 aromatic rings. The molecule has 9 heteroatoms. The van der Waals surface area contributed by atoms with Crippen molar-refractivity contribution in [3.63, 3.8) is 0 Å². The van der Waals surface area contributed by atoms with Gasteiger partial charge in [-0.3, -0.25) is 0 Å². The summed E-state index contributed by atoms with van der Waals surface area (Å²) in [7, 11) is -0.634. The summed E-state index contributed by atoms with van der Waals surface area (Å²) in [6, 6.07) is 10.1. The third-order valence-corrected chi connectivity index (χ3v) is 5.43. The number of hydrogen-bond donors (Lipinski definition) is 1. The molecule has 0 aliphatic carbocycles. The summed E-state index contributed by atoms with van der Waals surface area (Å²) >= 11 is 0.984. The molecule has 0 amide bonds. The quantitative estimate of drug-likeness (QED) is 0.720. The smallest absolute Gasteiger partial charge is 0.243 e. The molecule has 0 atom stereocenters. The molecule has 3 rings (SSSR count). The predicted molar refractivity (Wildman–Crippen MR) is 91.0 cm³/mol. The van der Waals surface area contributed by atoms with E-state index in [9.17, 15) is 8.42 Å². The van der Waals surface area contributed by atoms with Crippen molar-refractivity contribution in [2.24, 2.45) is 0 Å². The summed E-state index contributed by atoms with van der Waals surface area (Å²) in [6.45, 7) is 0.122. The molecule has 2 aromatic carbocycles. The molecule has 126 valence electrons. The first-order valence-corrected chi connectivity index (χ1v) is 9.18. The third kappa shape index (κ3) is 3.18. The predicted octanol–water partition coefficient (Wildman–Crippen LogP) is 2.19. The van der Waals surface area contributed by atoms with Gasteiger partial charge in [0.2, 0.25) is 10.0 Å². The Morgan fingerprint density at radius 1 is 1.08 bits per heavy atom. The van der Waals surface area contributed by atoms with Crippen molar-refractivity contribution in [2.45, 2.75) is 11.4 Å². The first-order valence-electron chi connectivity index (χ1n) is 6.97. The zero-order chi connectivity index (χ0) is 17.2. The average Bonchev–Trinajstić information content (AvgIpc) is 3.08. The highest BCUT2D eigenvalue weighted by molar-refractivity contribution is 7.89. The Morgan fingerprint density at radius 2 is 1.88 bits per heavy atom. The SMILES string of the molecule is COc1ccc(CNS(=O)(=O)c2cccc3nsnc23)cc1OC. The lowest BCUT2D eigenvalue weighted by molar-refractivity contribution is 0.354. The van der Waals surface area contributed by atoms with Crippen LogP contribution in [0.4, 0.5) is 0 Å². The molecule has 0 unspecified atom stereocenters. The maximum absolute atomic E-state index is 12.6. The van der Waals surface area contributed by atoms with Crippen molar-refractivity contribution in [3.8, 4) is 11.5 Å². The van der Waals surface area contributed by atoms with E-state index in [0.717, 1.165) is 17.3 Å². The van der Waals surface area contributed by atoms with E-state index in [-0.39, 0.29) is 11.4 Å². The Hall–Kier alpha value is -2.23. The molecule has 1 N–H and O–H groups in total. The second-order valence-corrected chi connectivity index (χ2v) is 7.17. The fraction of sp³-hybridized carbons (Fsp3) is 0.200. The monoisotopic (exact) mass is 365 g/mol. The van der Waals surface area contributed by atoms with E-state index >= 15 is 0 Å². The van der Waals surface area contributed by atoms with Gasteiger partial charge in [0.05, 0.1) is 25.9 Å². The Balaban J connectivity index is 1.84. The molecule has 1 aromatic heterocycles. The Labute approximate surface area is 143 Å². The van der Waals surface area contributed by atoms with Crippen LogP contribution >= 0.6 is 11.7 Å². The van der Waals surface area contributed by atoms with Crippen LogP contribution in [0.5, 0.6) is 11.5 Å². The van der Waals surface area contributed by atoms with Gasteiger partial charge in [-0.1, -0.05) is 12.1 Å². The van der Waals surface area contributed by atoms with Crippen LogP contribution in [-0.2, 0) is 16.6 Å². The number of hydrogen-bond acceptors (Lipinski definition) is 7. The number of fused-ring (bicyclic) bond motifs is 1. The molecule has 0 radical (unpaired) electrons. The van der Waals surface area contributed by atoms with E-state index in [0.29, 0.717) is 22.5 Å². The van der Waals surface area contributed by atoms with Crippen LogP contribution in [0.15, 0.2) is 41.3 Å². The summed E-state index contributed by atoms with van der Waals surface area (Å²) in [5.41, 5.74) is 1.69. The largest absolute Gasteiger partial charge is 0.493 e. The lowest BCUT2D eigenvalue weighted by Gasteiger charge is -2.11. The van der Waals surface area contributed by atoms with Crippen molar-refractivity contribution in [2.75, 3.05) is 14.2 Å². The number of nitrogens with one attached hydrogen (secondary N) is 1. The number of aromatic nitrogens is 2. The zero-order valence-corrected chi connectivity index (χ0v) is 14.6. The molecule has 0 aliphatic heterocycles. The van der Waals surface area contributed by atoms with E-state index in [4.69, 9.17) is 9.47 Å². The lowest BCUT2D eigenvalue weighted by atomic mass is 10.2. The normalized spacial score (nSPS) is 11.6. The van der Waals surface area contributed by atoms with E-state index in [1.54, 1.807) is 37.4 Å². The van der Waals surface area contributed by atoms with Crippen LogP contribution in [-0.4, -0.2) is 31.4 Å². The Kier molecular flexibility index (Phi) is 4.65. The van der Waals surface area contributed by atoms with Gasteiger partial charge in [0.25, 0.3) is 0 Å². The van der Waals surface area contributed by atoms with Crippen molar-refractivity contribution >= 4 is 32.8 Å². The molecule has 1 heterocycles. The molecule has 24 heavy (non-hydrogen) atoms. The number of ether oxygens (including phenoxy) is 2. The van der Waals surface area contributed by atoms with Gasteiger partial charge in [-0.2, -0.15) is 8.75 Å². The average molecular weight is 365 g/mol. The summed E-state index contributed by atoms with van der Waals surface area (Å²) < 4.78 is 46.2. The molecule has 0 saturated heterocycles. The van der Waals surface area contributed by atoms with E-state index < -0.39 is 10.0 Å². The maximum atomic E-state index is 12.6. The number of benzene rings is 2. The van der Waals surface area contributed by atoms with Crippen LogP contribution < -0.4 is 14.2 Å². The second kappa shape index (κ2) is 6.71. The van der Waals surface area contributed by atoms with Crippen LogP contribution in [0, 0.1) is 0 Å². The topological polar surface area (TPSA) is 90.4 Å². The van der Waals surface area contributed by atoms with Gasteiger partial charge in [-0.05, 0) is 29.8 Å². The van der Waals surface area contributed by atoms with E-state index in [1.165, 1.54) is 13.2 Å². The first kappa shape index (κ1) is 16.6. The molecule has 0 fully saturated rings. The minimum absolute atomic E-state index is 0.120. The maximum Gasteiger partial charge on any atom is 0.243 e. The number of sulfonamides is 1. The number of nitrogens with zero attached hydrogens (tertiary/aromatic N) is 2. The number of rotatable bonds is 6. The second-order valence-electron chi connectivity index (χ2n) is 4.90. The minimum Gasteiger partial charge on any atom is -0.493 e. The third-order valence-electron chi connectivity index (χ3n) is 3.45. The van der Waals surface area contributed by atoms with Gasteiger partial charge >= 0.3 is 0 Å². The lowest BCUT2D eigenvalue weighted by Crippen LogP contribution is -2.23. The summed E-state index contributed by atoms with van der Waals surface area (Å²) in [5, 5.41) is 0. The highest BCUT2D eigenvalue weighted by Gasteiger charge is 2.19. The summed E-state index contributed by atoms with van der Waals surface area (Å²) in [6.07, 6.45) is 0. The van der Waals surface area contributed by atoms with Crippen LogP contribution in [0.2, 0.25) is 0 Å². The van der Waals surface area contributed by atoms with Crippen LogP contribution in [0.3, 0.4) is 0 Å². The van der Waals surface area contributed by atoms with Gasteiger partial charge in [0.15, 0.2) is 11.5 Å². The first-order chi connectivity index (χ1) is 11.5. The highest BCUT2D eigenvalue weighted by atomic mass is 32.2. The fourth-order valence-electron chi connectivity index (χ4n) is 2.24. The van der Waals surface area contributed by atoms with Crippen molar-refractivity contribution in [3.05, 3.63) is 42.0 Å². The van der Waals surface area contributed by atoms with Gasteiger partial charge in [-0.15, -0.1) is 0 Å². The summed E-state index contributed by atoms with van der Waals surface area (Å²) in [5.74, 6) is 1.13. The zero-order valence-electron chi connectivity index (χ0n) is 13.0. The van der Waals surface area contributed by atoms with Crippen LogP contribution in [0.25, 0.3) is 11.0 Å². The molecule has 0 saturated carbocycles. The minimum atomic E-state index is -3.71. The van der Waals surface area contributed by atoms with Gasteiger partial charge in [0, 0.05) is 6.54 Å². The Morgan fingerprint density at radius 3 is 2.62 bits per heavy atom. The standard InChI is InChI=1S/C15H15N3O4S2/c1-21-12-7-6-10(8-13(12)22-2)9-16-24(19,20)14-5-3-4-11-15(14)18-23-17-11/h3-8,16H,9H2,1-2H3. The van der Waals surface area contributed by atoms with E-state index in [2.05, 4.69) is 13.5 Å². The molecule has 0 bridgehead atoms. The van der Waals surface area contributed by atoms with E-state index in [1.807, 2.05) is 0 Å².